The highest BCUT2D eigenvalue weighted by atomic mass is 35.5. The fourth-order valence-electron chi connectivity index (χ4n) is 1.39. The van der Waals surface area contributed by atoms with Gasteiger partial charge in [0, 0.05) is 30.2 Å². The topological polar surface area (TPSA) is 42.0 Å². The van der Waals surface area contributed by atoms with Gasteiger partial charge in [-0.05, 0) is 24.3 Å². The lowest BCUT2D eigenvalue weighted by atomic mass is 10.2. The van der Waals surface area contributed by atoms with E-state index in [1.54, 1.807) is 30.6 Å². The standard InChI is InChI=1S/C14H11ClN2O/c15-12-5-1-2-6-13(12)17-9-7-14(18)11-4-3-8-16-10-11/h1-10,17H/b9-7-. The van der Waals surface area contributed by atoms with Crippen LogP contribution in [0.2, 0.25) is 5.02 Å². The van der Waals surface area contributed by atoms with Gasteiger partial charge >= 0.3 is 0 Å². The third-order valence-corrected chi connectivity index (χ3v) is 2.62. The summed E-state index contributed by atoms with van der Waals surface area (Å²) in [6.45, 7) is 0. The maximum Gasteiger partial charge on any atom is 0.188 e. The van der Waals surface area contributed by atoms with Gasteiger partial charge < -0.3 is 5.32 Å². The van der Waals surface area contributed by atoms with E-state index in [-0.39, 0.29) is 5.78 Å². The molecule has 18 heavy (non-hydrogen) atoms. The normalized spacial score (nSPS) is 10.5. The van der Waals surface area contributed by atoms with Gasteiger partial charge in [0.15, 0.2) is 5.78 Å². The Bertz CT molecular complexity index is 567. The molecule has 2 rings (SSSR count). The zero-order valence-corrected chi connectivity index (χ0v) is 10.3. The number of aromatic nitrogens is 1. The van der Waals surface area contributed by atoms with Crippen LogP contribution in [-0.4, -0.2) is 10.8 Å². The monoisotopic (exact) mass is 258 g/mol. The van der Waals surface area contributed by atoms with E-state index >= 15 is 0 Å². The fraction of sp³-hybridized carbons (Fsp3) is 0. The first-order valence-electron chi connectivity index (χ1n) is 5.39. The van der Waals surface area contributed by atoms with Gasteiger partial charge in [0.2, 0.25) is 0 Å². The van der Waals surface area contributed by atoms with Gasteiger partial charge in [-0.3, -0.25) is 9.78 Å². The molecule has 1 aromatic heterocycles. The van der Waals surface area contributed by atoms with Crippen LogP contribution in [0.3, 0.4) is 0 Å². The summed E-state index contributed by atoms with van der Waals surface area (Å²) in [5, 5.41) is 3.57. The lowest BCUT2D eigenvalue weighted by Gasteiger charge is -2.02. The van der Waals surface area contributed by atoms with Gasteiger partial charge in [-0.2, -0.15) is 0 Å². The van der Waals surface area contributed by atoms with Gasteiger partial charge in [-0.25, -0.2) is 0 Å². The average molecular weight is 259 g/mol. The number of carbonyl (C=O) groups is 1. The number of hydrogen-bond acceptors (Lipinski definition) is 3. The molecule has 4 heteroatoms. The van der Waals surface area contributed by atoms with Crippen LogP contribution in [0.4, 0.5) is 5.69 Å². The van der Waals surface area contributed by atoms with Crippen molar-refractivity contribution < 1.29 is 4.79 Å². The number of nitrogens with one attached hydrogen (secondary N) is 1. The number of benzene rings is 1. The minimum absolute atomic E-state index is 0.109. The maximum absolute atomic E-state index is 11.7. The molecule has 0 saturated carbocycles. The SMILES string of the molecule is O=C(/C=C\Nc1ccccc1Cl)c1cccnc1. The van der Waals surface area contributed by atoms with Crippen LogP contribution in [0.5, 0.6) is 0 Å². The number of pyridine rings is 1. The second-order valence-corrected chi connectivity index (χ2v) is 3.97. The fourth-order valence-corrected chi connectivity index (χ4v) is 1.58. The zero-order valence-electron chi connectivity index (χ0n) is 9.51. The highest BCUT2D eigenvalue weighted by molar-refractivity contribution is 6.33. The predicted molar refractivity (Wildman–Crippen MR) is 72.8 cm³/mol. The van der Waals surface area contributed by atoms with Gasteiger partial charge in [-0.1, -0.05) is 23.7 Å². The molecule has 0 radical (unpaired) electrons. The quantitative estimate of drug-likeness (QED) is 0.674. The Morgan fingerprint density at radius 3 is 2.78 bits per heavy atom. The third-order valence-electron chi connectivity index (χ3n) is 2.29. The molecule has 0 fully saturated rings. The minimum atomic E-state index is -0.109. The first-order chi connectivity index (χ1) is 8.77. The highest BCUT2D eigenvalue weighted by Gasteiger charge is 2.00. The Morgan fingerprint density at radius 1 is 1.22 bits per heavy atom. The summed E-state index contributed by atoms with van der Waals surface area (Å²) in [5.74, 6) is -0.109. The number of hydrogen-bond donors (Lipinski definition) is 1. The number of anilines is 1. The second-order valence-electron chi connectivity index (χ2n) is 3.56. The molecule has 0 unspecified atom stereocenters. The molecule has 0 bridgehead atoms. The lowest BCUT2D eigenvalue weighted by molar-refractivity contribution is 0.104. The van der Waals surface area contributed by atoms with Crippen molar-refractivity contribution in [2.24, 2.45) is 0 Å². The van der Waals surface area contributed by atoms with E-state index in [2.05, 4.69) is 10.3 Å². The van der Waals surface area contributed by atoms with E-state index in [9.17, 15) is 4.79 Å². The molecule has 0 aliphatic heterocycles. The van der Waals surface area contributed by atoms with Crippen LogP contribution in [-0.2, 0) is 0 Å². The maximum atomic E-state index is 11.7. The Hall–Kier alpha value is -2.13. The Labute approximate surface area is 110 Å². The highest BCUT2D eigenvalue weighted by Crippen LogP contribution is 2.20. The van der Waals surface area contributed by atoms with E-state index in [0.717, 1.165) is 5.69 Å². The number of halogens is 1. The summed E-state index contributed by atoms with van der Waals surface area (Å²) in [4.78, 5) is 15.6. The minimum Gasteiger partial charge on any atom is -0.360 e. The van der Waals surface area contributed by atoms with Crippen molar-refractivity contribution in [3.63, 3.8) is 0 Å². The summed E-state index contributed by atoms with van der Waals surface area (Å²) >= 11 is 5.97. The van der Waals surface area contributed by atoms with Crippen molar-refractivity contribution in [2.75, 3.05) is 5.32 Å². The van der Waals surface area contributed by atoms with Gasteiger partial charge in [0.25, 0.3) is 0 Å². The molecule has 0 atom stereocenters. The molecule has 1 heterocycles. The van der Waals surface area contributed by atoms with Crippen LogP contribution in [0.15, 0.2) is 61.1 Å². The first kappa shape index (κ1) is 12.3. The number of ketones is 1. The van der Waals surface area contributed by atoms with Crippen LogP contribution in [0.25, 0.3) is 0 Å². The zero-order chi connectivity index (χ0) is 12.8. The smallest absolute Gasteiger partial charge is 0.188 e. The van der Waals surface area contributed by atoms with Crippen molar-refractivity contribution in [3.8, 4) is 0 Å². The summed E-state index contributed by atoms with van der Waals surface area (Å²) in [5.41, 5.74) is 1.31. The Kier molecular flexibility index (Phi) is 4.10. The van der Waals surface area contributed by atoms with Gasteiger partial charge in [-0.15, -0.1) is 0 Å². The molecule has 0 amide bonds. The molecule has 2 aromatic rings. The lowest BCUT2D eigenvalue weighted by Crippen LogP contribution is -1.96. The number of carbonyl (C=O) groups excluding carboxylic acids is 1. The molecule has 1 aromatic carbocycles. The molecular formula is C14H11ClN2O. The number of allylic oxidation sites excluding steroid dienone is 1. The third kappa shape index (κ3) is 3.18. The molecule has 0 aliphatic carbocycles. The average Bonchev–Trinajstić information content (AvgIpc) is 2.42. The van der Waals surface area contributed by atoms with Crippen molar-refractivity contribution in [3.05, 3.63) is 71.7 Å². The number of rotatable bonds is 4. The summed E-state index contributed by atoms with van der Waals surface area (Å²) in [6, 6.07) is 10.8. The van der Waals surface area contributed by atoms with E-state index in [1.165, 1.54) is 12.3 Å². The van der Waals surface area contributed by atoms with Crippen molar-refractivity contribution in [1.29, 1.82) is 0 Å². The summed E-state index contributed by atoms with van der Waals surface area (Å²) < 4.78 is 0. The van der Waals surface area contributed by atoms with Gasteiger partial charge in [0.05, 0.1) is 10.7 Å². The Balaban J connectivity index is 2.01. The van der Waals surface area contributed by atoms with Crippen LogP contribution >= 0.6 is 11.6 Å². The molecule has 0 aliphatic rings. The van der Waals surface area contributed by atoms with E-state index in [1.807, 2.05) is 18.2 Å². The van der Waals surface area contributed by atoms with E-state index < -0.39 is 0 Å². The van der Waals surface area contributed by atoms with Crippen molar-refractivity contribution in [1.82, 2.24) is 4.98 Å². The molecule has 3 nitrogen and oxygen atoms in total. The molecular weight excluding hydrogens is 248 g/mol. The molecule has 0 spiro atoms. The second kappa shape index (κ2) is 5.98. The van der Waals surface area contributed by atoms with Crippen LogP contribution in [0, 0.1) is 0 Å². The van der Waals surface area contributed by atoms with Crippen LogP contribution < -0.4 is 5.32 Å². The first-order valence-corrected chi connectivity index (χ1v) is 5.77. The number of para-hydroxylation sites is 1. The predicted octanol–water partition coefficient (Wildman–Crippen LogP) is 3.54. The van der Waals surface area contributed by atoms with Crippen molar-refractivity contribution in [2.45, 2.75) is 0 Å². The summed E-state index contributed by atoms with van der Waals surface area (Å²) in [6.07, 6.45) is 6.17. The largest absolute Gasteiger partial charge is 0.360 e. The summed E-state index contributed by atoms with van der Waals surface area (Å²) in [7, 11) is 0. The van der Waals surface area contributed by atoms with E-state index in [0.29, 0.717) is 10.6 Å². The number of nitrogens with zero attached hydrogens (tertiary/aromatic N) is 1. The molecule has 90 valence electrons. The molecule has 0 saturated heterocycles. The molecule has 1 N–H and O–H groups in total. The van der Waals surface area contributed by atoms with Crippen molar-refractivity contribution >= 4 is 23.1 Å². The van der Waals surface area contributed by atoms with Gasteiger partial charge in [0.1, 0.15) is 0 Å². The Morgan fingerprint density at radius 2 is 2.06 bits per heavy atom. The van der Waals surface area contributed by atoms with E-state index in [4.69, 9.17) is 11.6 Å². The van der Waals surface area contributed by atoms with Crippen LogP contribution in [0.1, 0.15) is 10.4 Å².